The van der Waals surface area contributed by atoms with Gasteiger partial charge in [-0.05, 0) is 49.5 Å². The first-order valence-corrected chi connectivity index (χ1v) is 12.8. The van der Waals surface area contributed by atoms with E-state index in [1.165, 1.54) is 22.2 Å². The van der Waals surface area contributed by atoms with E-state index in [0.717, 1.165) is 42.3 Å². The molecular formula is C22H32N4O3S2. The van der Waals surface area contributed by atoms with Gasteiger partial charge in [-0.2, -0.15) is 0 Å². The third-order valence-electron chi connectivity index (χ3n) is 5.23. The Kier molecular flexibility index (Phi) is 8.16. The minimum absolute atomic E-state index is 0.00244. The maximum atomic E-state index is 13.4. The lowest BCUT2D eigenvalue weighted by Crippen LogP contribution is -2.41. The van der Waals surface area contributed by atoms with E-state index >= 15 is 0 Å². The molecule has 170 valence electrons. The van der Waals surface area contributed by atoms with Gasteiger partial charge in [0.2, 0.25) is 5.91 Å². The number of imide groups is 1. The second-order valence-electron chi connectivity index (χ2n) is 8.87. The molecule has 7 nitrogen and oxygen atoms in total. The summed E-state index contributed by atoms with van der Waals surface area (Å²) in [5.74, 6) is 0.379. The highest BCUT2D eigenvalue weighted by Crippen LogP contribution is 2.34. The van der Waals surface area contributed by atoms with Crippen LogP contribution in [-0.2, 0) is 24.2 Å². The molecule has 1 aliphatic carbocycles. The van der Waals surface area contributed by atoms with E-state index in [1.54, 1.807) is 15.9 Å². The zero-order valence-electron chi connectivity index (χ0n) is 18.7. The first-order valence-electron chi connectivity index (χ1n) is 11.0. The van der Waals surface area contributed by atoms with E-state index in [9.17, 15) is 14.4 Å². The second-order valence-corrected chi connectivity index (χ2v) is 10.9. The number of carbonyl (C=O) groups is 2. The van der Waals surface area contributed by atoms with E-state index in [1.807, 2.05) is 13.8 Å². The van der Waals surface area contributed by atoms with Gasteiger partial charge >= 0.3 is 6.03 Å². The molecule has 31 heavy (non-hydrogen) atoms. The summed E-state index contributed by atoms with van der Waals surface area (Å²) >= 11 is 2.83. The molecule has 9 heteroatoms. The highest BCUT2D eigenvalue weighted by Gasteiger charge is 2.22. The third kappa shape index (κ3) is 6.10. The predicted molar refractivity (Wildman–Crippen MR) is 127 cm³/mol. The van der Waals surface area contributed by atoms with Crippen molar-refractivity contribution in [1.29, 1.82) is 0 Å². The molecule has 2 N–H and O–H groups in total. The van der Waals surface area contributed by atoms with Gasteiger partial charge in [0.1, 0.15) is 4.83 Å². The maximum absolute atomic E-state index is 13.4. The lowest BCUT2D eigenvalue weighted by Gasteiger charge is -2.14. The zero-order chi connectivity index (χ0) is 22.5. The Labute approximate surface area is 191 Å². The summed E-state index contributed by atoms with van der Waals surface area (Å²) in [6, 6.07) is -0.495. The van der Waals surface area contributed by atoms with Crippen LogP contribution < -0.4 is 16.2 Å². The van der Waals surface area contributed by atoms with Crippen LogP contribution in [0.4, 0.5) is 4.79 Å². The molecule has 0 saturated carbocycles. The van der Waals surface area contributed by atoms with E-state index in [0.29, 0.717) is 30.1 Å². The number of hydrogen-bond donors (Lipinski definition) is 2. The Morgan fingerprint density at radius 3 is 2.61 bits per heavy atom. The average molecular weight is 465 g/mol. The summed E-state index contributed by atoms with van der Waals surface area (Å²) < 4.78 is 1.72. The number of amides is 3. The SMILES string of the molecule is CC(C)CCn1c(SCC(=O)NC(=O)NCC(C)C)nc2sc3c(c2c1=O)CCCC3. The van der Waals surface area contributed by atoms with E-state index in [-0.39, 0.29) is 11.3 Å². The molecule has 1 aliphatic rings. The normalized spacial score (nSPS) is 13.6. The van der Waals surface area contributed by atoms with Crippen LogP contribution in [0.5, 0.6) is 0 Å². The first kappa shape index (κ1) is 23.8. The second kappa shape index (κ2) is 10.6. The lowest BCUT2D eigenvalue weighted by molar-refractivity contribution is -0.117. The number of nitrogens with one attached hydrogen (secondary N) is 2. The van der Waals surface area contributed by atoms with E-state index in [2.05, 4.69) is 24.5 Å². The number of thioether (sulfide) groups is 1. The molecule has 0 bridgehead atoms. The molecule has 0 aliphatic heterocycles. The topological polar surface area (TPSA) is 93.1 Å². The minimum atomic E-state index is -0.495. The molecule has 2 heterocycles. The van der Waals surface area contributed by atoms with Gasteiger partial charge in [-0.1, -0.05) is 39.5 Å². The molecule has 3 rings (SSSR count). The molecular weight excluding hydrogens is 432 g/mol. The number of urea groups is 1. The molecule has 2 aromatic heterocycles. The van der Waals surface area contributed by atoms with Crippen LogP contribution in [0.3, 0.4) is 0 Å². The predicted octanol–water partition coefficient (Wildman–Crippen LogP) is 3.96. The zero-order valence-corrected chi connectivity index (χ0v) is 20.4. The highest BCUT2D eigenvalue weighted by molar-refractivity contribution is 7.99. The summed E-state index contributed by atoms with van der Waals surface area (Å²) in [5, 5.41) is 6.33. The van der Waals surface area contributed by atoms with E-state index in [4.69, 9.17) is 4.98 Å². The Balaban J connectivity index is 1.81. The Bertz CT molecular complexity index is 1010. The van der Waals surface area contributed by atoms with Gasteiger partial charge in [0.05, 0.1) is 11.1 Å². The van der Waals surface area contributed by atoms with Crippen LogP contribution in [0.1, 0.15) is 57.4 Å². The van der Waals surface area contributed by atoms with Crippen molar-refractivity contribution >= 4 is 45.3 Å². The number of thiophene rings is 1. The van der Waals surface area contributed by atoms with Crippen LogP contribution in [0.2, 0.25) is 0 Å². The van der Waals surface area contributed by atoms with Gasteiger partial charge in [-0.3, -0.25) is 19.5 Å². The van der Waals surface area contributed by atoms with E-state index < -0.39 is 11.9 Å². The van der Waals surface area contributed by atoms with Gasteiger partial charge in [0.25, 0.3) is 5.56 Å². The lowest BCUT2D eigenvalue weighted by atomic mass is 9.97. The number of nitrogens with zero attached hydrogens (tertiary/aromatic N) is 2. The monoisotopic (exact) mass is 464 g/mol. The summed E-state index contributed by atoms with van der Waals surface area (Å²) in [7, 11) is 0. The van der Waals surface area contributed by atoms with Crippen molar-refractivity contribution in [3.8, 4) is 0 Å². The largest absolute Gasteiger partial charge is 0.338 e. The highest BCUT2D eigenvalue weighted by atomic mass is 32.2. The van der Waals surface area contributed by atoms with Crippen molar-refractivity contribution < 1.29 is 9.59 Å². The van der Waals surface area contributed by atoms with Crippen molar-refractivity contribution in [3.63, 3.8) is 0 Å². The number of rotatable bonds is 8. The van der Waals surface area contributed by atoms with Crippen molar-refractivity contribution in [2.45, 2.75) is 71.5 Å². The van der Waals surface area contributed by atoms with Gasteiger partial charge in [0, 0.05) is 18.0 Å². The van der Waals surface area contributed by atoms with Crippen molar-refractivity contribution in [3.05, 3.63) is 20.8 Å². The van der Waals surface area contributed by atoms with Crippen molar-refractivity contribution in [2.24, 2.45) is 11.8 Å². The quantitative estimate of drug-likeness (QED) is 0.456. The molecule has 0 fully saturated rings. The van der Waals surface area contributed by atoms with Crippen LogP contribution in [0, 0.1) is 11.8 Å². The summed E-state index contributed by atoms with van der Waals surface area (Å²) in [4.78, 5) is 44.3. The molecule has 0 atom stereocenters. The van der Waals surface area contributed by atoms with Gasteiger partial charge in [-0.15, -0.1) is 11.3 Å². The van der Waals surface area contributed by atoms with Crippen LogP contribution >= 0.6 is 23.1 Å². The number of aryl methyl sites for hydroxylation is 2. The fourth-order valence-corrected chi connectivity index (χ4v) is 5.68. The Morgan fingerprint density at radius 1 is 1.16 bits per heavy atom. The molecule has 2 aromatic rings. The fraction of sp³-hybridized carbons (Fsp3) is 0.636. The molecule has 0 saturated heterocycles. The minimum Gasteiger partial charge on any atom is -0.338 e. The summed E-state index contributed by atoms with van der Waals surface area (Å²) in [6.07, 6.45) is 5.08. The Morgan fingerprint density at radius 2 is 1.90 bits per heavy atom. The number of fused-ring (bicyclic) bond motifs is 3. The number of carbonyl (C=O) groups excluding carboxylic acids is 2. The number of aromatic nitrogens is 2. The standard InChI is InChI=1S/C22H32N4O3S2/c1-13(2)9-10-26-20(28)18-15-7-5-6-8-16(15)31-19(18)25-22(26)30-12-17(27)24-21(29)23-11-14(3)4/h13-14H,5-12H2,1-4H3,(H2,23,24,27,29). The van der Waals surface area contributed by atoms with Crippen LogP contribution in [-0.4, -0.2) is 33.8 Å². The average Bonchev–Trinajstić information content (AvgIpc) is 3.08. The van der Waals surface area contributed by atoms with Gasteiger partial charge < -0.3 is 5.32 Å². The fourth-order valence-electron chi connectivity index (χ4n) is 3.55. The molecule has 3 amide bonds. The molecule has 0 spiro atoms. The van der Waals surface area contributed by atoms with Crippen LogP contribution in [0.15, 0.2) is 9.95 Å². The van der Waals surface area contributed by atoms with Gasteiger partial charge in [0.15, 0.2) is 5.16 Å². The first-order chi connectivity index (χ1) is 14.8. The number of hydrogen-bond acceptors (Lipinski definition) is 6. The Hall–Kier alpha value is -1.87. The molecule has 0 radical (unpaired) electrons. The van der Waals surface area contributed by atoms with Crippen LogP contribution in [0.25, 0.3) is 10.2 Å². The summed E-state index contributed by atoms with van der Waals surface area (Å²) in [6.45, 7) is 9.29. The van der Waals surface area contributed by atoms with Crippen molar-refractivity contribution in [2.75, 3.05) is 12.3 Å². The maximum Gasteiger partial charge on any atom is 0.321 e. The van der Waals surface area contributed by atoms with Crippen molar-refractivity contribution in [1.82, 2.24) is 20.2 Å². The molecule has 0 aromatic carbocycles. The smallest absolute Gasteiger partial charge is 0.321 e. The third-order valence-corrected chi connectivity index (χ3v) is 7.39. The molecule has 0 unspecified atom stereocenters. The van der Waals surface area contributed by atoms with Gasteiger partial charge in [-0.25, -0.2) is 9.78 Å². The summed E-state index contributed by atoms with van der Waals surface area (Å²) in [5.41, 5.74) is 1.18.